The predicted octanol–water partition coefficient (Wildman–Crippen LogP) is 3.61. The van der Waals surface area contributed by atoms with Crippen LogP contribution in [0.25, 0.3) is 0 Å². The molecule has 0 radical (unpaired) electrons. The van der Waals surface area contributed by atoms with E-state index >= 15 is 0 Å². The molecule has 0 aromatic rings. The monoisotopic (exact) mass is 364 g/mol. The van der Waals surface area contributed by atoms with Crippen LogP contribution in [0.1, 0.15) is 6.42 Å². The van der Waals surface area contributed by atoms with E-state index in [9.17, 15) is 13.2 Å². The third-order valence-electron chi connectivity index (χ3n) is 1.42. The van der Waals surface area contributed by atoms with Crippen molar-refractivity contribution >= 4 is 45.8 Å². The van der Waals surface area contributed by atoms with Crippen molar-refractivity contribution in [2.75, 3.05) is 18.4 Å². The fourth-order valence-corrected chi connectivity index (χ4v) is 1.94. The molecule has 86 valence electrons. The molecular weight excluding hydrogens is 355 g/mol. The van der Waals surface area contributed by atoms with Crippen LogP contribution in [0.2, 0.25) is 0 Å². The number of ether oxygens (including phenoxy) is 1. The van der Waals surface area contributed by atoms with Gasteiger partial charge in [0.15, 0.2) is 0 Å². The predicted molar refractivity (Wildman–Crippen MR) is 59.7 cm³/mol. The van der Waals surface area contributed by atoms with Crippen molar-refractivity contribution in [3.05, 3.63) is 0 Å². The highest BCUT2D eigenvalue weighted by Crippen LogP contribution is 2.21. The Bertz CT molecular complexity index is 156. The summed E-state index contributed by atoms with van der Waals surface area (Å²) in [7, 11) is 0. The van der Waals surface area contributed by atoms with Crippen LogP contribution in [0.3, 0.4) is 0 Å². The van der Waals surface area contributed by atoms with Gasteiger partial charge >= 0.3 is 6.18 Å². The normalized spacial score (nSPS) is 16.7. The van der Waals surface area contributed by atoms with Crippen LogP contribution in [0.15, 0.2) is 0 Å². The Kier molecular flexibility index (Phi) is 7.91. The number of halogens is 6. The third kappa shape index (κ3) is 7.36. The minimum Gasteiger partial charge on any atom is -0.375 e. The van der Waals surface area contributed by atoms with Crippen molar-refractivity contribution < 1.29 is 17.9 Å². The van der Waals surface area contributed by atoms with Gasteiger partial charge in [-0.15, -0.1) is 23.2 Å². The lowest BCUT2D eigenvalue weighted by Crippen LogP contribution is -2.29. The average molecular weight is 365 g/mol. The molecule has 0 aliphatic heterocycles. The summed E-state index contributed by atoms with van der Waals surface area (Å²) in [5.41, 5.74) is 0. The maximum atomic E-state index is 11.8. The van der Waals surface area contributed by atoms with Crippen molar-refractivity contribution in [1.82, 2.24) is 0 Å². The second kappa shape index (κ2) is 7.35. The van der Waals surface area contributed by atoms with Gasteiger partial charge in [0, 0.05) is 11.8 Å². The zero-order valence-electron chi connectivity index (χ0n) is 7.16. The van der Waals surface area contributed by atoms with Crippen molar-refractivity contribution in [1.29, 1.82) is 0 Å². The molecule has 14 heavy (non-hydrogen) atoms. The van der Waals surface area contributed by atoms with Crippen LogP contribution >= 0.6 is 45.8 Å². The Morgan fingerprint density at radius 3 is 2.14 bits per heavy atom. The van der Waals surface area contributed by atoms with Crippen LogP contribution < -0.4 is 0 Å². The van der Waals surface area contributed by atoms with Gasteiger partial charge < -0.3 is 4.74 Å². The number of hydrogen-bond acceptors (Lipinski definition) is 1. The lowest BCUT2D eigenvalue weighted by Gasteiger charge is -2.19. The molecular formula is C7H10Cl2F3IO. The van der Waals surface area contributed by atoms with Crippen LogP contribution in [0, 0.1) is 0 Å². The van der Waals surface area contributed by atoms with Gasteiger partial charge in [0.25, 0.3) is 0 Å². The Labute approximate surface area is 104 Å². The van der Waals surface area contributed by atoms with Crippen molar-refractivity contribution in [2.45, 2.75) is 22.6 Å². The number of alkyl halides is 6. The van der Waals surface area contributed by atoms with E-state index in [-0.39, 0.29) is 16.4 Å². The molecule has 0 aliphatic carbocycles. The van der Waals surface area contributed by atoms with E-state index in [0.29, 0.717) is 5.88 Å². The highest BCUT2D eigenvalue weighted by atomic mass is 127. The van der Waals surface area contributed by atoms with E-state index in [4.69, 9.17) is 27.9 Å². The summed E-state index contributed by atoms with van der Waals surface area (Å²) in [6.07, 6.45) is -5.55. The van der Waals surface area contributed by atoms with Crippen molar-refractivity contribution in [3.63, 3.8) is 0 Å². The Hall–Kier alpha value is 1.06. The van der Waals surface area contributed by atoms with Crippen LogP contribution in [0.4, 0.5) is 13.2 Å². The van der Waals surface area contributed by atoms with E-state index in [1.54, 1.807) is 0 Å². The Balaban J connectivity index is 3.74. The second-order valence-corrected chi connectivity index (χ2v) is 4.82. The molecule has 0 aliphatic rings. The van der Waals surface area contributed by atoms with E-state index in [0.717, 1.165) is 0 Å². The first-order valence-corrected chi connectivity index (χ1v) is 6.16. The second-order valence-electron chi connectivity index (χ2n) is 2.60. The molecule has 1 nitrogen and oxygen atoms in total. The molecule has 0 amide bonds. The lowest BCUT2D eigenvalue weighted by molar-refractivity contribution is -0.147. The molecule has 2 unspecified atom stereocenters. The van der Waals surface area contributed by atoms with Gasteiger partial charge in [0.05, 0.1) is 23.1 Å². The van der Waals surface area contributed by atoms with E-state index in [1.165, 1.54) is 0 Å². The summed E-state index contributed by atoms with van der Waals surface area (Å²) >= 11 is 13.1. The lowest BCUT2D eigenvalue weighted by atomic mass is 10.3. The van der Waals surface area contributed by atoms with Crippen LogP contribution in [-0.2, 0) is 4.74 Å². The van der Waals surface area contributed by atoms with Gasteiger partial charge in [-0.25, -0.2) is 0 Å². The summed E-state index contributed by atoms with van der Waals surface area (Å²) in [5.74, 6) is 0.460. The van der Waals surface area contributed by atoms with E-state index in [1.807, 2.05) is 22.6 Å². The minimum atomic E-state index is -4.18. The average Bonchev–Trinajstić information content (AvgIpc) is 2.09. The third-order valence-corrected chi connectivity index (χ3v) is 3.82. The Morgan fingerprint density at radius 1 is 1.21 bits per heavy atom. The van der Waals surface area contributed by atoms with Gasteiger partial charge in [-0.05, 0) is 0 Å². The minimum absolute atomic E-state index is 0.0694. The molecule has 0 saturated carbocycles. The van der Waals surface area contributed by atoms with Gasteiger partial charge in [-0.1, -0.05) is 22.6 Å². The van der Waals surface area contributed by atoms with Gasteiger partial charge in [0.2, 0.25) is 0 Å². The van der Waals surface area contributed by atoms with Crippen LogP contribution in [-0.4, -0.2) is 34.6 Å². The zero-order chi connectivity index (χ0) is 11.2. The molecule has 0 saturated heterocycles. The molecule has 0 fully saturated rings. The van der Waals surface area contributed by atoms with Crippen LogP contribution in [0.5, 0.6) is 0 Å². The van der Waals surface area contributed by atoms with Gasteiger partial charge in [-0.3, -0.25) is 0 Å². The molecule has 2 atom stereocenters. The van der Waals surface area contributed by atoms with Gasteiger partial charge in [-0.2, -0.15) is 13.2 Å². The summed E-state index contributed by atoms with van der Waals surface area (Å²) in [6.45, 7) is -0.364. The first-order valence-electron chi connectivity index (χ1n) is 3.85. The smallest absolute Gasteiger partial charge is 0.375 e. The summed E-state index contributed by atoms with van der Waals surface area (Å²) in [6, 6.07) is 0. The van der Waals surface area contributed by atoms with Gasteiger partial charge in [0.1, 0.15) is 0 Å². The Morgan fingerprint density at radius 2 is 1.79 bits per heavy atom. The molecule has 0 bridgehead atoms. The molecule has 0 aromatic carbocycles. The van der Waals surface area contributed by atoms with Crippen molar-refractivity contribution in [2.24, 2.45) is 0 Å². The quantitative estimate of drug-likeness (QED) is 0.517. The first-order chi connectivity index (χ1) is 6.40. The molecule has 0 aromatic heterocycles. The molecule has 0 rings (SSSR count). The first kappa shape index (κ1) is 15.1. The topological polar surface area (TPSA) is 9.23 Å². The number of rotatable bonds is 6. The maximum Gasteiger partial charge on any atom is 0.391 e. The molecule has 0 spiro atoms. The highest BCUT2D eigenvalue weighted by molar-refractivity contribution is 14.1. The van der Waals surface area contributed by atoms with E-state index in [2.05, 4.69) is 0 Å². The summed E-state index contributed by atoms with van der Waals surface area (Å²) < 4.78 is 40.2. The fourth-order valence-electron chi connectivity index (χ4n) is 0.671. The SMILES string of the molecule is FC(F)(F)CCOC(CCl)C(I)CCl. The summed E-state index contributed by atoms with van der Waals surface area (Å²) in [5, 5.41) is 0. The largest absolute Gasteiger partial charge is 0.391 e. The maximum absolute atomic E-state index is 11.8. The molecule has 0 heterocycles. The molecule has 0 N–H and O–H groups in total. The standard InChI is InChI=1S/C7H10Cl2F3IO/c8-3-5(13)6(4-9)14-2-1-7(10,11)12/h5-6H,1-4H2. The fraction of sp³-hybridized carbons (Fsp3) is 1.00. The highest BCUT2D eigenvalue weighted by Gasteiger charge is 2.28. The molecule has 7 heteroatoms. The zero-order valence-corrected chi connectivity index (χ0v) is 10.8. The van der Waals surface area contributed by atoms with E-state index < -0.39 is 18.7 Å². The number of hydrogen-bond donors (Lipinski definition) is 0. The summed E-state index contributed by atoms with van der Waals surface area (Å²) in [4.78, 5) is 0. The van der Waals surface area contributed by atoms with Crippen molar-refractivity contribution in [3.8, 4) is 0 Å².